The first-order chi connectivity index (χ1) is 10.2. The van der Waals surface area contributed by atoms with Gasteiger partial charge >= 0.3 is 0 Å². The van der Waals surface area contributed by atoms with Crippen LogP contribution < -0.4 is 4.90 Å². The quantitative estimate of drug-likeness (QED) is 0.866. The van der Waals surface area contributed by atoms with Crippen LogP contribution in [0.15, 0.2) is 42.6 Å². The molecule has 0 unspecified atom stereocenters. The summed E-state index contributed by atoms with van der Waals surface area (Å²) in [5.41, 5.74) is 0.544. The first-order valence-electron chi connectivity index (χ1n) is 7.04. The van der Waals surface area contributed by atoms with Crippen molar-refractivity contribution in [2.24, 2.45) is 0 Å². The molecule has 0 aliphatic carbocycles. The minimum atomic E-state index is -0.531. The van der Waals surface area contributed by atoms with Gasteiger partial charge in [0.1, 0.15) is 17.5 Å². The summed E-state index contributed by atoms with van der Waals surface area (Å²) < 4.78 is 26.6. The molecule has 1 aliphatic rings. The van der Waals surface area contributed by atoms with Crippen molar-refractivity contribution < 1.29 is 8.78 Å². The van der Waals surface area contributed by atoms with E-state index < -0.39 is 11.6 Å². The third-order valence-corrected chi connectivity index (χ3v) is 3.75. The summed E-state index contributed by atoms with van der Waals surface area (Å²) in [4.78, 5) is 8.74. The van der Waals surface area contributed by atoms with Crippen molar-refractivity contribution in [1.29, 1.82) is 0 Å². The predicted octanol–water partition coefficient (Wildman–Crippen LogP) is 2.68. The normalized spacial score (nSPS) is 16.2. The van der Waals surface area contributed by atoms with Crippen LogP contribution in [0.2, 0.25) is 0 Å². The van der Waals surface area contributed by atoms with Gasteiger partial charge in [0, 0.05) is 50.6 Å². The smallest absolute Gasteiger partial charge is 0.130 e. The number of benzene rings is 1. The molecule has 0 spiro atoms. The van der Waals surface area contributed by atoms with Crippen molar-refractivity contribution in [2.45, 2.75) is 6.54 Å². The van der Waals surface area contributed by atoms with E-state index in [1.54, 1.807) is 6.20 Å². The molecule has 1 fully saturated rings. The van der Waals surface area contributed by atoms with Crippen molar-refractivity contribution in [2.75, 3.05) is 31.1 Å². The topological polar surface area (TPSA) is 19.4 Å². The maximum Gasteiger partial charge on any atom is 0.130 e. The molecule has 0 N–H and O–H groups in total. The number of rotatable bonds is 3. The molecule has 1 aromatic heterocycles. The number of pyridine rings is 1. The van der Waals surface area contributed by atoms with E-state index in [0.29, 0.717) is 12.1 Å². The molecule has 110 valence electrons. The summed E-state index contributed by atoms with van der Waals surface area (Å²) >= 11 is 0. The molecule has 21 heavy (non-hydrogen) atoms. The molecule has 1 aliphatic heterocycles. The highest BCUT2D eigenvalue weighted by molar-refractivity contribution is 5.38. The fourth-order valence-electron chi connectivity index (χ4n) is 2.57. The number of anilines is 1. The van der Waals surface area contributed by atoms with Crippen molar-refractivity contribution in [3.8, 4) is 0 Å². The molecule has 0 saturated carbocycles. The second-order valence-corrected chi connectivity index (χ2v) is 5.19. The maximum absolute atomic E-state index is 13.7. The Bertz CT molecular complexity index is 596. The third kappa shape index (κ3) is 3.36. The zero-order valence-corrected chi connectivity index (χ0v) is 11.7. The number of halogens is 2. The minimum Gasteiger partial charge on any atom is -0.354 e. The molecule has 2 aromatic rings. The highest BCUT2D eigenvalue weighted by atomic mass is 19.1. The van der Waals surface area contributed by atoms with Gasteiger partial charge in [-0.15, -0.1) is 0 Å². The standard InChI is InChI=1S/C16H17F2N3/c17-14-5-4-13(15(18)11-14)12-20-7-9-21(10-8-20)16-3-1-2-6-19-16/h1-6,11H,7-10,12H2. The fourth-order valence-corrected chi connectivity index (χ4v) is 2.57. The Morgan fingerprint density at radius 2 is 1.81 bits per heavy atom. The van der Waals surface area contributed by atoms with Gasteiger partial charge in [-0.1, -0.05) is 12.1 Å². The van der Waals surface area contributed by atoms with Crippen LogP contribution in [0.25, 0.3) is 0 Å². The summed E-state index contributed by atoms with van der Waals surface area (Å²) in [5.74, 6) is -0.0245. The van der Waals surface area contributed by atoms with E-state index in [9.17, 15) is 8.78 Å². The number of piperazine rings is 1. The molecule has 3 nitrogen and oxygen atoms in total. The van der Waals surface area contributed by atoms with Crippen molar-refractivity contribution >= 4 is 5.82 Å². The van der Waals surface area contributed by atoms with Gasteiger partial charge in [-0.2, -0.15) is 0 Å². The van der Waals surface area contributed by atoms with Crippen LogP contribution in [0.3, 0.4) is 0 Å². The third-order valence-electron chi connectivity index (χ3n) is 3.75. The molecular weight excluding hydrogens is 272 g/mol. The number of hydrogen-bond acceptors (Lipinski definition) is 3. The molecule has 0 radical (unpaired) electrons. The monoisotopic (exact) mass is 289 g/mol. The Kier molecular flexibility index (Phi) is 4.10. The molecule has 3 rings (SSSR count). The van der Waals surface area contributed by atoms with E-state index in [1.165, 1.54) is 12.1 Å². The van der Waals surface area contributed by atoms with Crippen LogP contribution in [0.5, 0.6) is 0 Å². The van der Waals surface area contributed by atoms with Gasteiger partial charge in [0.25, 0.3) is 0 Å². The Balaban J connectivity index is 1.59. The van der Waals surface area contributed by atoms with Crippen LogP contribution in [0.1, 0.15) is 5.56 Å². The second-order valence-electron chi connectivity index (χ2n) is 5.19. The van der Waals surface area contributed by atoms with Crippen LogP contribution >= 0.6 is 0 Å². The Hall–Kier alpha value is -2.01. The molecule has 1 saturated heterocycles. The SMILES string of the molecule is Fc1ccc(CN2CCN(c3ccccn3)CC2)c(F)c1. The molecule has 5 heteroatoms. The van der Waals surface area contributed by atoms with Gasteiger partial charge in [-0.05, 0) is 18.2 Å². The van der Waals surface area contributed by atoms with Crippen molar-refractivity contribution in [3.63, 3.8) is 0 Å². The van der Waals surface area contributed by atoms with Crippen molar-refractivity contribution in [1.82, 2.24) is 9.88 Å². The second kappa shape index (κ2) is 6.18. The number of hydrogen-bond donors (Lipinski definition) is 0. The van der Waals surface area contributed by atoms with Gasteiger partial charge in [0.15, 0.2) is 0 Å². The minimum absolute atomic E-state index is 0.470. The molecule has 2 heterocycles. The number of nitrogens with zero attached hydrogens (tertiary/aromatic N) is 3. The van der Waals surface area contributed by atoms with Crippen LogP contribution in [0, 0.1) is 11.6 Å². The van der Waals surface area contributed by atoms with Crippen molar-refractivity contribution in [3.05, 3.63) is 59.8 Å². The van der Waals surface area contributed by atoms with E-state index in [1.807, 2.05) is 18.2 Å². The van der Waals surface area contributed by atoms with E-state index in [0.717, 1.165) is 38.1 Å². The predicted molar refractivity (Wildman–Crippen MR) is 78.1 cm³/mol. The van der Waals surface area contributed by atoms with E-state index in [4.69, 9.17) is 0 Å². The lowest BCUT2D eigenvalue weighted by atomic mass is 10.2. The highest BCUT2D eigenvalue weighted by Crippen LogP contribution is 2.16. The summed E-state index contributed by atoms with van der Waals surface area (Å²) in [7, 11) is 0. The molecular formula is C16H17F2N3. The molecule has 0 atom stereocenters. The Morgan fingerprint density at radius 1 is 1.00 bits per heavy atom. The Morgan fingerprint density at radius 3 is 2.48 bits per heavy atom. The zero-order chi connectivity index (χ0) is 14.7. The summed E-state index contributed by atoms with van der Waals surface area (Å²) in [6, 6.07) is 9.65. The first kappa shape index (κ1) is 13.9. The lowest BCUT2D eigenvalue weighted by Crippen LogP contribution is -2.46. The van der Waals surface area contributed by atoms with Gasteiger partial charge in [-0.3, -0.25) is 4.90 Å². The van der Waals surface area contributed by atoms with Gasteiger partial charge < -0.3 is 4.90 Å². The maximum atomic E-state index is 13.7. The average molecular weight is 289 g/mol. The van der Waals surface area contributed by atoms with Gasteiger partial charge in [0.05, 0.1) is 0 Å². The average Bonchev–Trinajstić information content (AvgIpc) is 2.52. The van der Waals surface area contributed by atoms with E-state index in [2.05, 4.69) is 14.8 Å². The zero-order valence-electron chi connectivity index (χ0n) is 11.7. The molecule has 0 bridgehead atoms. The largest absolute Gasteiger partial charge is 0.354 e. The first-order valence-corrected chi connectivity index (χ1v) is 7.04. The van der Waals surface area contributed by atoms with Crippen LogP contribution in [-0.2, 0) is 6.54 Å². The number of aromatic nitrogens is 1. The fraction of sp³-hybridized carbons (Fsp3) is 0.312. The summed E-state index contributed by atoms with van der Waals surface area (Å²) in [6.45, 7) is 3.92. The summed E-state index contributed by atoms with van der Waals surface area (Å²) in [6.07, 6.45) is 1.79. The van der Waals surface area contributed by atoms with E-state index >= 15 is 0 Å². The van der Waals surface area contributed by atoms with Gasteiger partial charge in [0.2, 0.25) is 0 Å². The lowest BCUT2D eigenvalue weighted by Gasteiger charge is -2.35. The Labute approximate surface area is 122 Å². The lowest BCUT2D eigenvalue weighted by molar-refractivity contribution is 0.246. The highest BCUT2D eigenvalue weighted by Gasteiger charge is 2.18. The van der Waals surface area contributed by atoms with E-state index in [-0.39, 0.29) is 0 Å². The summed E-state index contributed by atoms with van der Waals surface area (Å²) in [5, 5.41) is 0. The van der Waals surface area contributed by atoms with Gasteiger partial charge in [-0.25, -0.2) is 13.8 Å². The molecule has 1 aromatic carbocycles. The van der Waals surface area contributed by atoms with Crippen LogP contribution in [-0.4, -0.2) is 36.1 Å². The van der Waals surface area contributed by atoms with Crippen LogP contribution in [0.4, 0.5) is 14.6 Å². The molecule has 0 amide bonds.